The van der Waals surface area contributed by atoms with Crippen molar-refractivity contribution in [1.29, 1.82) is 0 Å². The molecule has 0 saturated carbocycles. The molecule has 142 valence electrons. The van der Waals surface area contributed by atoms with Crippen molar-refractivity contribution in [3.05, 3.63) is 46.5 Å². The van der Waals surface area contributed by atoms with Gasteiger partial charge in [-0.25, -0.2) is 8.42 Å². The van der Waals surface area contributed by atoms with Gasteiger partial charge in [0.05, 0.1) is 5.75 Å². The first-order valence-electron chi connectivity index (χ1n) is 7.58. The molecule has 0 bridgehead atoms. The van der Waals surface area contributed by atoms with E-state index in [2.05, 4.69) is 20.7 Å². The summed E-state index contributed by atoms with van der Waals surface area (Å²) in [4.78, 5) is 24.2. The standard InChI is InChI=1S/C16H17BrClNO6S/c1-10(20)24-13-14(21)16(2,11-4-6-12(18)7-5-11)25-15(13)19-26(22,23)9-3-8-17/h4-7,19H,3,8-9H2,1-2H3. The maximum Gasteiger partial charge on any atom is 0.308 e. The van der Waals surface area contributed by atoms with E-state index in [1.807, 2.05) is 0 Å². The molecule has 2 rings (SSSR count). The molecule has 1 aliphatic heterocycles. The lowest BCUT2D eigenvalue weighted by molar-refractivity contribution is -0.142. The number of nitrogens with one attached hydrogen (secondary N) is 1. The Kier molecular flexibility index (Phi) is 6.36. The average Bonchev–Trinajstić information content (AvgIpc) is 2.78. The fourth-order valence-corrected chi connectivity index (χ4v) is 4.14. The third-order valence-electron chi connectivity index (χ3n) is 3.59. The number of rotatable bonds is 7. The number of alkyl halides is 1. The van der Waals surface area contributed by atoms with E-state index in [9.17, 15) is 18.0 Å². The minimum atomic E-state index is -3.79. The molecule has 0 radical (unpaired) electrons. The van der Waals surface area contributed by atoms with Gasteiger partial charge in [0.25, 0.3) is 5.78 Å². The summed E-state index contributed by atoms with van der Waals surface area (Å²) in [5, 5.41) is 0.957. The van der Waals surface area contributed by atoms with Crippen LogP contribution in [0.2, 0.25) is 5.02 Å². The number of esters is 1. The summed E-state index contributed by atoms with van der Waals surface area (Å²) in [5.41, 5.74) is -1.12. The average molecular weight is 467 g/mol. The van der Waals surface area contributed by atoms with E-state index in [0.717, 1.165) is 6.92 Å². The lowest BCUT2D eigenvalue weighted by Crippen LogP contribution is -2.33. The Balaban J connectivity index is 2.39. The van der Waals surface area contributed by atoms with Gasteiger partial charge in [0.15, 0.2) is 5.60 Å². The zero-order chi connectivity index (χ0) is 19.5. The number of ketones is 1. The molecule has 0 fully saturated rings. The molecule has 0 amide bonds. The molecule has 1 N–H and O–H groups in total. The molecule has 26 heavy (non-hydrogen) atoms. The van der Waals surface area contributed by atoms with Crippen molar-refractivity contribution in [2.45, 2.75) is 25.9 Å². The van der Waals surface area contributed by atoms with Gasteiger partial charge >= 0.3 is 5.97 Å². The number of sulfonamides is 1. The van der Waals surface area contributed by atoms with Gasteiger partial charge in [0.1, 0.15) is 0 Å². The summed E-state index contributed by atoms with van der Waals surface area (Å²) in [6, 6.07) is 6.30. The monoisotopic (exact) mass is 465 g/mol. The predicted molar refractivity (Wildman–Crippen MR) is 99.0 cm³/mol. The van der Waals surface area contributed by atoms with Crippen molar-refractivity contribution >= 4 is 49.3 Å². The van der Waals surface area contributed by atoms with Crippen LogP contribution in [0, 0.1) is 0 Å². The molecule has 0 spiro atoms. The van der Waals surface area contributed by atoms with Crippen molar-refractivity contribution in [3.63, 3.8) is 0 Å². The Morgan fingerprint density at radius 1 is 1.35 bits per heavy atom. The third kappa shape index (κ3) is 4.57. The van der Waals surface area contributed by atoms with Crippen LogP contribution in [0.25, 0.3) is 0 Å². The molecule has 1 atom stereocenters. The van der Waals surface area contributed by atoms with Crippen molar-refractivity contribution < 1.29 is 27.5 Å². The minimum Gasteiger partial charge on any atom is -0.456 e. The van der Waals surface area contributed by atoms with Crippen LogP contribution in [0.1, 0.15) is 25.8 Å². The van der Waals surface area contributed by atoms with Gasteiger partial charge in [0, 0.05) is 22.8 Å². The van der Waals surface area contributed by atoms with E-state index in [1.165, 1.54) is 6.92 Å². The number of ether oxygens (including phenoxy) is 2. The number of benzene rings is 1. The molecular formula is C16H17BrClNO6S. The smallest absolute Gasteiger partial charge is 0.308 e. The molecular weight excluding hydrogens is 450 g/mol. The number of Topliss-reactive ketones (excluding diaryl/α,β-unsaturated/α-hetero) is 1. The quantitative estimate of drug-likeness (QED) is 0.490. The van der Waals surface area contributed by atoms with Gasteiger partial charge in [-0.3, -0.25) is 14.3 Å². The van der Waals surface area contributed by atoms with Crippen LogP contribution < -0.4 is 4.72 Å². The number of hydrogen-bond acceptors (Lipinski definition) is 6. The van der Waals surface area contributed by atoms with Gasteiger partial charge in [0.2, 0.25) is 21.7 Å². The number of halogens is 2. The number of hydrogen-bond donors (Lipinski definition) is 1. The maximum atomic E-state index is 12.8. The van der Waals surface area contributed by atoms with Gasteiger partial charge in [-0.2, -0.15) is 0 Å². The lowest BCUT2D eigenvalue weighted by Gasteiger charge is -2.23. The summed E-state index contributed by atoms with van der Waals surface area (Å²) < 4.78 is 37.1. The Morgan fingerprint density at radius 2 is 1.96 bits per heavy atom. The molecule has 0 aliphatic carbocycles. The Bertz CT molecular complexity index is 852. The van der Waals surface area contributed by atoms with Gasteiger partial charge in [-0.15, -0.1) is 0 Å². The van der Waals surface area contributed by atoms with Crippen molar-refractivity contribution in [2.24, 2.45) is 0 Å². The highest BCUT2D eigenvalue weighted by atomic mass is 79.9. The molecule has 7 nitrogen and oxygen atoms in total. The molecule has 1 aliphatic rings. The van der Waals surface area contributed by atoms with Gasteiger partial charge in [-0.05, 0) is 25.5 Å². The van der Waals surface area contributed by atoms with Gasteiger partial charge < -0.3 is 9.47 Å². The van der Waals surface area contributed by atoms with E-state index in [1.54, 1.807) is 24.3 Å². The van der Waals surface area contributed by atoms with Crippen molar-refractivity contribution in [1.82, 2.24) is 4.72 Å². The summed E-state index contributed by atoms with van der Waals surface area (Å²) >= 11 is 9.01. The molecule has 0 saturated heterocycles. The van der Waals surface area contributed by atoms with Crippen LogP contribution in [-0.4, -0.2) is 31.3 Å². The zero-order valence-corrected chi connectivity index (χ0v) is 17.2. The minimum absolute atomic E-state index is 0.190. The van der Waals surface area contributed by atoms with Crippen molar-refractivity contribution in [2.75, 3.05) is 11.1 Å². The second-order valence-electron chi connectivity index (χ2n) is 5.69. The fourth-order valence-electron chi connectivity index (χ4n) is 2.31. The second kappa shape index (κ2) is 7.98. The van der Waals surface area contributed by atoms with Crippen LogP contribution in [0.15, 0.2) is 35.9 Å². The fraction of sp³-hybridized carbons (Fsp3) is 0.375. The number of carbonyl (C=O) groups excluding carboxylic acids is 2. The van der Waals surface area contributed by atoms with E-state index >= 15 is 0 Å². The van der Waals surface area contributed by atoms with E-state index < -0.39 is 39.0 Å². The molecule has 10 heteroatoms. The van der Waals surface area contributed by atoms with Gasteiger partial charge in [-0.1, -0.05) is 39.7 Å². The summed E-state index contributed by atoms with van der Waals surface area (Å²) in [6.07, 6.45) is 0.355. The van der Waals surface area contributed by atoms with Crippen LogP contribution >= 0.6 is 27.5 Å². The van der Waals surface area contributed by atoms with E-state index in [0.29, 0.717) is 22.3 Å². The van der Waals surface area contributed by atoms with Crippen LogP contribution in [-0.2, 0) is 34.7 Å². The number of carbonyl (C=O) groups is 2. The molecule has 1 aromatic carbocycles. The van der Waals surface area contributed by atoms with Crippen LogP contribution in [0.5, 0.6) is 0 Å². The van der Waals surface area contributed by atoms with Crippen molar-refractivity contribution in [3.8, 4) is 0 Å². The summed E-state index contributed by atoms with van der Waals surface area (Å²) in [5.74, 6) is -2.51. The van der Waals surface area contributed by atoms with Crippen LogP contribution in [0.3, 0.4) is 0 Å². The first-order valence-corrected chi connectivity index (χ1v) is 10.7. The SMILES string of the molecule is CC(=O)OC1=C(NS(=O)(=O)CCCBr)OC(C)(c2ccc(Cl)cc2)C1=O. The normalized spacial score (nSPS) is 20.1. The maximum absolute atomic E-state index is 12.8. The zero-order valence-electron chi connectivity index (χ0n) is 14.0. The largest absolute Gasteiger partial charge is 0.456 e. The Hall–Kier alpha value is -1.58. The third-order valence-corrected chi connectivity index (χ3v) is 5.72. The topological polar surface area (TPSA) is 98.8 Å². The second-order valence-corrected chi connectivity index (χ2v) is 8.76. The Labute approximate surface area is 164 Å². The van der Waals surface area contributed by atoms with Crippen LogP contribution in [0.4, 0.5) is 0 Å². The molecule has 0 aromatic heterocycles. The summed E-state index contributed by atoms with van der Waals surface area (Å²) in [6.45, 7) is 2.57. The molecule has 1 aromatic rings. The van der Waals surface area contributed by atoms with E-state index in [-0.39, 0.29) is 5.75 Å². The predicted octanol–water partition coefficient (Wildman–Crippen LogP) is 2.59. The molecule has 1 heterocycles. The highest BCUT2D eigenvalue weighted by Crippen LogP contribution is 2.39. The summed E-state index contributed by atoms with van der Waals surface area (Å²) in [7, 11) is -3.79. The lowest BCUT2D eigenvalue weighted by atomic mass is 9.92. The highest BCUT2D eigenvalue weighted by Gasteiger charge is 2.50. The first-order chi connectivity index (χ1) is 12.1. The molecule has 1 unspecified atom stereocenters. The van der Waals surface area contributed by atoms with E-state index in [4.69, 9.17) is 21.1 Å². The first kappa shape index (κ1) is 20.7. The Morgan fingerprint density at radius 3 is 2.50 bits per heavy atom. The highest BCUT2D eigenvalue weighted by molar-refractivity contribution is 9.09.